The van der Waals surface area contributed by atoms with Crippen molar-refractivity contribution >= 4 is 29.6 Å². The van der Waals surface area contributed by atoms with Crippen molar-refractivity contribution < 1.29 is 14.0 Å². The molecule has 4 aromatic rings. The molecular formula is C25H25FN8O2. The van der Waals surface area contributed by atoms with E-state index in [1.807, 2.05) is 28.8 Å². The Morgan fingerprint density at radius 2 is 1.81 bits per heavy atom. The predicted molar refractivity (Wildman–Crippen MR) is 132 cm³/mol. The standard InChI is InChI=1S/C25H25FN8O2/c1-31-24(32-10-12-33(13-11-32)25(36)17-2-3-17)22(23(30-31)16-4-6-18(26)7-5-16)19-8-9-21-28-20(27-15-35)14-34(21)29-19/h4-9,14-15,17H,2-3,10-13H2,1H3,(H,27,35). The van der Waals surface area contributed by atoms with Crippen LogP contribution in [0.1, 0.15) is 12.8 Å². The highest BCUT2D eigenvalue weighted by atomic mass is 19.1. The van der Waals surface area contributed by atoms with Gasteiger partial charge < -0.3 is 15.1 Å². The molecule has 2 amide bonds. The van der Waals surface area contributed by atoms with Crippen molar-refractivity contribution in [1.29, 1.82) is 0 Å². The molecule has 10 nitrogen and oxygen atoms in total. The predicted octanol–water partition coefficient (Wildman–Crippen LogP) is 2.56. The van der Waals surface area contributed by atoms with Gasteiger partial charge in [0.2, 0.25) is 12.3 Å². The number of piperazine rings is 1. The molecule has 0 atom stereocenters. The maximum absolute atomic E-state index is 13.7. The Morgan fingerprint density at radius 1 is 1.06 bits per heavy atom. The third-order valence-electron chi connectivity index (χ3n) is 6.74. The first-order valence-corrected chi connectivity index (χ1v) is 12.0. The van der Waals surface area contributed by atoms with Gasteiger partial charge in [-0.2, -0.15) is 10.2 Å². The highest BCUT2D eigenvalue weighted by Crippen LogP contribution is 2.39. The van der Waals surface area contributed by atoms with Crippen LogP contribution in [0.3, 0.4) is 0 Å². The number of aromatic nitrogens is 5. The summed E-state index contributed by atoms with van der Waals surface area (Å²) in [6.07, 6.45) is 4.21. The monoisotopic (exact) mass is 488 g/mol. The van der Waals surface area contributed by atoms with Crippen molar-refractivity contribution in [2.24, 2.45) is 13.0 Å². The van der Waals surface area contributed by atoms with Crippen molar-refractivity contribution in [2.75, 3.05) is 36.4 Å². The molecule has 11 heteroatoms. The number of rotatable bonds is 6. The van der Waals surface area contributed by atoms with Crippen LogP contribution in [0.4, 0.5) is 16.0 Å². The van der Waals surface area contributed by atoms with E-state index in [2.05, 4.69) is 15.2 Å². The molecule has 184 valence electrons. The quantitative estimate of drug-likeness (QED) is 0.419. The normalized spacial score (nSPS) is 15.9. The van der Waals surface area contributed by atoms with E-state index < -0.39 is 0 Å². The third kappa shape index (κ3) is 3.96. The van der Waals surface area contributed by atoms with Crippen LogP contribution in [0.2, 0.25) is 0 Å². The number of carbonyl (C=O) groups is 2. The number of aryl methyl sites for hydroxylation is 1. The van der Waals surface area contributed by atoms with Gasteiger partial charge in [0.1, 0.15) is 17.3 Å². The number of anilines is 2. The zero-order valence-corrected chi connectivity index (χ0v) is 19.8. The van der Waals surface area contributed by atoms with E-state index in [4.69, 9.17) is 10.2 Å². The van der Waals surface area contributed by atoms with Crippen molar-refractivity contribution in [3.05, 3.63) is 48.4 Å². The van der Waals surface area contributed by atoms with Gasteiger partial charge in [-0.25, -0.2) is 13.9 Å². The van der Waals surface area contributed by atoms with Gasteiger partial charge in [-0.15, -0.1) is 0 Å². The summed E-state index contributed by atoms with van der Waals surface area (Å²) in [5.41, 5.74) is 3.51. The minimum atomic E-state index is -0.318. The SMILES string of the molecule is Cn1nc(-c2ccc(F)cc2)c(-c2ccc3nc(NC=O)cn3n2)c1N1CCN(C(=O)C2CC2)CC1. The number of nitrogens with one attached hydrogen (secondary N) is 1. The molecule has 0 bridgehead atoms. The Balaban J connectivity index is 1.42. The maximum atomic E-state index is 13.7. The fourth-order valence-corrected chi connectivity index (χ4v) is 4.80. The van der Waals surface area contributed by atoms with Gasteiger partial charge in [0.05, 0.1) is 17.5 Å². The Labute approximate surface area is 206 Å². The molecule has 1 aromatic carbocycles. The van der Waals surface area contributed by atoms with E-state index >= 15 is 0 Å². The largest absolute Gasteiger partial charge is 0.353 e. The van der Waals surface area contributed by atoms with E-state index in [9.17, 15) is 14.0 Å². The molecule has 0 radical (unpaired) electrons. The fraction of sp³-hybridized carbons (Fsp3) is 0.320. The van der Waals surface area contributed by atoms with Gasteiger partial charge in [0.25, 0.3) is 0 Å². The number of imidazole rings is 1. The van der Waals surface area contributed by atoms with Gasteiger partial charge in [0, 0.05) is 44.7 Å². The molecule has 4 heterocycles. The number of amides is 2. The molecule has 2 aliphatic rings. The first-order valence-electron chi connectivity index (χ1n) is 12.0. The van der Waals surface area contributed by atoms with Gasteiger partial charge in [-0.1, -0.05) is 0 Å². The van der Waals surface area contributed by atoms with Gasteiger partial charge in [-0.05, 0) is 49.2 Å². The molecule has 1 aliphatic heterocycles. The summed E-state index contributed by atoms with van der Waals surface area (Å²) in [4.78, 5) is 31.9. The minimum Gasteiger partial charge on any atom is -0.353 e. The summed E-state index contributed by atoms with van der Waals surface area (Å²) >= 11 is 0. The van der Waals surface area contributed by atoms with Crippen LogP contribution in [0.25, 0.3) is 28.2 Å². The van der Waals surface area contributed by atoms with Crippen LogP contribution in [0, 0.1) is 11.7 Å². The van der Waals surface area contributed by atoms with Crippen molar-refractivity contribution in [1.82, 2.24) is 29.3 Å². The summed E-state index contributed by atoms with van der Waals surface area (Å²) in [5, 5.41) is 12.1. The molecule has 1 N–H and O–H groups in total. The van der Waals surface area contributed by atoms with Crippen LogP contribution in [0.5, 0.6) is 0 Å². The molecule has 1 saturated heterocycles. The maximum Gasteiger partial charge on any atom is 0.225 e. The molecule has 2 fully saturated rings. The number of carbonyl (C=O) groups excluding carboxylic acids is 2. The molecule has 1 saturated carbocycles. The Kier molecular flexibility index (Phi) is 5.39. The van der Waals surface area contributed by atoms with Crippen LogP contribution < -0.4 is 10.2 Å². The zero-order chi connectivity index (χ0) is 24.8. The first kappa shape index (κ1) is 22.2. The van der Waals surface area contributed by atoms with Crippen LogP contribution >= 0.6 is 0 Å². The van der Waals surface area contributed by atoms with Crippen LogP contribution in [-0.4, -0.2) is 67.8 Å². The average Bonchev–Trinajstić information content (AvgIpc) is 3.57. The molecule has 0 unspecified atom stereocenters. The summed E-state index contributed by atoms with van der Waals surface area (Å²) in [5.74, 6) is 1.43. The van der Waals surface area contributed by atoms with E-state index in [0.29, 0.717) is 55.4 Å². The molecule has 0 spiro atoms. The van der Waals surface area contributed by atoms with Crippen molar-refractivity contribution in [3.8, 4) is 22.5 Å². The number of benzene rings is 1. The third-order valence-corrected chi connectivity index (χ3v) is 6.74. The fourth-order valence-electron chi connectivity index (χ4n) is 4.80. The number of fused-ring (bicyclic) bond motifs is 1. The Morgan fingerprint density at radius 3 is 2.50 bits per heavy atom. The number of nitrogens with zero attached hydrogens (tertiary/aromatic N) is 7. The topological polar surface area (TPSA) is 101 Å². The number of hydrogen-bond donors (Lipinski definition) is 1. The molecule has 1 aliphatic carbocycles. The lowest BCUT2D eigenvalue weighted by Crippen LogP contribution is -2.49. The number of halogens is 1. The van der Waals surface area contributed by atoms with Crippen LogP contribution in [-0.2, 0) is 16.6 Å². The second kappa shape index (κ2) is 8.74. The lowest BCUT2D eigenvalue weighted by molar-refractivity contribution is -0.132. The number of hydrogen-bond acceptors (Lipinski definition) is 6. The molecular weight excluding hydrogens is 463 g/mol. The van der Waals surface area contributed by atoms with E-state index in [1.165, 1.54) is 12.1 Å². The first-order chi connectivity index (χ1) is 17.5. The summed E-state index contributed by atoms with van der Waals surface area (Å²) < 4.78 is 17.1. The second-order valence-corrected chi connectivity index (χ2v) is 9.17. The van der Waals surface area contributed by atoms with Crippen LogP contribution in [0.15, 0.2) is 42.6 Å². The highest BCUT2D eigenvalue weighted by Gasteiger charge is 2.35. The summed E-state index contributed by atoms with van der Waals surface area (Å²) in [6.45, 7) is 2.66. The summed E-state index contributed by atoms with van der Waals surface area (Å²) in [6, 6.07) is 9.94. The zero-order valence-electron chi connectivity index (χ0n) is 19.8. The Bertz CT molecular complexity index is 1450. The van der Waals surface area contributed by atoms with Crippen molar-refractivity contribution in [2.45, 2.75) is 12.8 Å². The smallest absolute Gasteiger partial charge is 0.225 e. The Hall–Kier alpha value is -4.28. The average molecular weight is 489 g/mol. The van der Waals surface area contributed by atoms with E-state index in [0.717, 1.165) is 29.8 Å². The van der Waals surface area contributed by atoms with E-state index in [-0.39, 0.29) is 17.6 Å². The minimum absolute atomic E-state index is 0.207. The van der Waals surface area contributed by atoms with Crippen molar-refractivity contribution in [3.63, 3.8) is 0 Å². The lowest BCUT2D eigenvalue weighted by Gasteiger charge is -2.36. The second-order valence-electron chi connectivity index (χ2n) is 9.17. The summed E-state index contributed by atoms with van der Waals surface area (Å²) in [7, 11) is 1.88. The van der Waals surface area contributed by atoms with Gasteiger partial charge in [0.15, 0.2) is 11.5 Å². The molecule has 6 rings (SSSR count). The lowest BCUT2D eigenvalue weighted by atomic mass is 10.0. The van der Waals surface area contributed by atoms with E-state index in [1.54, 1.807) is 22.8 Å². The molecule has 3 aromatic heterocycles. The molecule has 36 heavy (non-hydrogen) atoms. The van der Waals surface area contributed by atoms with Gasteiger partial charge in [-0.3, -0.25) is 14.3 Å². The highest BCUT2D eigenvalue weighted by molar-refractivity contribution is 5.88. The van der Waals surface area contributed by atoms with Gasteiger partial charge >= 0.3 is 0 Å².